The number of fused-ring (bicyclic) bond motifs is 1. The third-order valence-electron chi connectivity index (χ3n) is 8.05. The van der Waals surface area contributed by atoms with Gasteiger partial charge in [0.2, 0.25) is 0 Å². The molecule has 3 aliphatic rings. The number of hydrogen-bond acceptors (Lipinski definition) is 5. The van der Waals surface area contributed by atoms with Crippen molar-refractivity contribution in [2.24, 2.45) is 5.92 Å². The number of hydrogen-bond donors (Lipinski definition) is 2. The molecule has 0 spiro atoms. The third kappa shape index (κ3) is 6.27. The maximum atomic E-state index is 14.3. The fourth-order valence-electron chi connectivity index (χ4n) is 6.07. The highest BCUT2D eigenvalue weighted by Gasteiger charge is 2.50. The van der Waals surface area contributed by atoms with Gasteiger partial charge in [0.25, 0.3) is 22.0 Å². The van der Waals surface area contributed by atoms with Gasteiger partial charge in [-0.2, -0.15) is 17.4 Å². The van der Waals surface area contributed by atoms with Crippen LogP contribution in [0.25, 0.3) is 0 Å². The minimum Gasteiger partial charge on any atom is -0.329 e. The molecule has 41 heavy (non-hydrogen) atoms. The molecule has 1 aliphatic heterocycles. The molecule has 218 valence electrons. The number of halogens is 1. The van der Waals surface area contributed by atoms with Crippen LogP contribution < -0.4 is 10.2 Å². The number of benzene rings is 2. The first-order valence-corrected chi connectivity index (χ1v) is 15.6. The molecule has 5 rings (SSSR count). The number of rotatable bonds is 9. The lowest BCUT2D eigenvalue weighted by atomic mass is 9.74. The molecule has 2 aromatic rings. The molecular weight excluding hydrogens is 564 g/mol. The van der Waals surface area contributed by atoms with Crippen LogP contribution in [0.3, 0.4) is 0 Å². The van der Waals surface area contributed by atoms with Gasteiger partial charge in [-0.15, -0.1) is 0 Å². The Bertz CT molecular complexity index is 1450. The number of hydroxylamine groups is 1. The molecule has 0 bridgehead atoms. The monoisotopic (exact) mass is 598 g/mol. The van der Waals surface area contributed by atoms with Crippen LogP contribution in [0.2, 0.25) is 0 Å². The Labute approximate surface area is 246 Å². The predicted octanol–water partition coefficient (Wildman–Crippen LogP) is 3.86. The molecular formula is C30H35ClN4O5S. The number of carbonyl (C=O) groups is 2. The molecule has 0 saturated heterocycles. The van der Waals surface area contributed by atoms with Crippen LogP contribution >= 0.6 is 11.6 Å². The van der Waals surface area contributed by atoms with Crippen molar-refractivity contribution in [3.05, 3.63) is 94.5 Å². The van der Waals surface area contributed by atoms with E-state index in [0.717, 1.165) is 22.7 Å². The van der Waals surface area contributed by atoms with E-state index in [0.29, 0.717) is 29.0 Å². The van der Waals surface area contributed by atoms with E-state index in [1.807, 2.05) is 48.6 Å². The maximum absolute atomic E-state index is 14.3. The topological polar surface area (TPSA) is 108 Å². The molecule has 0 aromatic heterocycles. The first kappa shape index (κ1) is 29.5. The SMILES string of the molecule is CN(C)S(=O)(=O)N[C@H]1CCCC[C@@H]1N1C(=O)c2ccccc2[C@@H](C(=O)NOCc2ccccc2)C1C1C=CC(Cl)=C1. The molecule has 2 N–H and O–H groups in total. The van der Waals surface area contributed by atoms with Gasteiger partial charge in [-0.3, -0.25) is 14.4 Å². The summed E-state index contributed by atoms with van der Waals surface area (Å²) < 4.78 is 29.7. The van der Waals surface area contributed by atoms with Gasteiger partial charge in [0, 0.05) is 42.7 Å². The van der Waals surface area contributed by atoms with Gasteiger partial charge in [-0.05, 0) is 36.1 Å². The van der Waals surface area contributed by atoms with E-state index in [9.17, 15) is 18.0 Å². The lowest BCUT2D eigenvalue weighted by Gasteiger charge is -2.50. The summed E-state index contributed by atoms with van der Waals surface area (Å²) in [7, 11) is -0.823. The molecule has 11 heteroatoms. The molecule has 1 fully saturated rings. The number of nitrogens with zero attached hydrogens (tertiary/aromatic N) is 2. The number of allylic oxidation sites excluding steroid dienone is 2. The van der Waals surface area contributed by atoms with E-state index < -0.39 is 34.3 Å². The molecule has 2 amide bonds. The minimum absolute atomic E-state index is 0.181. The fourth-order valence-corrected chi connectivity index (χ4v) is 7.16. The van der Waals surface area contributed by atoms with Crippen molar-refractivity contribution in [1.29, 1.82) is 0 Å². The Morgan fingerprint density at radius 1 is 1.07 bits per heavy atom. The summed E-state index contributed by atoms with van der Waals surface area (Å²) in [4.78, 5) is 35.6. The minimum atomic E-state index is -3.76. The number of carbonyl (C=O) groups excluding carboxylic acids is 2. The highest BCUT2D eigenvalue weighted by Crippen LogP contribution is 2.43. The predicted molar refractivity (Wildman–Crippen MR) is 157 cm³/mol. The molecule has 2 aliphatic carbocycles. The van der Waals surface area contributed by atoms with Gasteiger partial charge < -0.3 is 4.90 Å². The zero-order valence-corrected chi connectivity index (χ0v) is 24.6. The Morgan fingerprint density at radius 2 is 1.78 bits per heavy atom. The molecule has 1 saturated carbocycles. The van der Waals surface area contributed by atoms with Crippen molar-refractivity contribution in [3.8, 4) is 0 Å². The summed E-state index contributed by atoms with van der Waals surface area (Å²) in [6.45, 7) is 0.181. The Kier molecular flexibility index (Phi) is 8.96. The lowest BCUT2D eigenvalue weighted by Crippen LogP contribution is -2.64. The lowest BCUT2D eigenvalue weighted by molar-refractivity contribution is -0.138. The summed E-state index contributed by atoms with van der Waals surface area (Å²) in [6.07, 6.45) is 8.33. The smallest absolute Gasteiger partial charge is 0.279 e. The largest absolute Gasteiger partial charge is 0.329 e. The maximum Gasteiger partial charge on any atom is 0.279 e. The average molecular weight is 599 g/mol. The van der Waals surface area contributed by atoms with Crippen LogP contribution in [0, 0.1) is 5.92 Å². The van der Waals surface area contributed by atoms with Gasteiger partial charge in [0.1, 0.15) is 0 Å². The van der Waals surface area contributed by atoms with Crippen LogP contribution in [0.4, 0.5) is 0 Å². The molecule has 2 unspecified atom stereocenters. The zero-order chi connectivity index (χ0) is 29.1. The molecule has 9 nitrogen and oxygen atoms in total. The van der Waals surface area contributed by atoms with Crippen molar-refractivity contribution in [2.75, 3.05) is 14.1 Å². The van der Waals surface area contributed by atoms with E-state index in [1.54, 1.807) is 29.2 Å². The van der Waals surface area contributed by atoms with Gasteiger partial charge in [-0.1, -0.05) is 85.1 Å². The quantitative estimate of drug-likeness (QED) is 0.426. The fraction of sp³-hybridized carbons (Fsp3) is 0.400. The highest BCUT2D eigenvalue weighted by atomic mass is 35.5. The van der Waals surface area contributed by atoms with Gasteiger partial charge in [-0.25, -0.2) is 5.48 Å². The summed E-state index contributed by atoms with van der Waals surface area (Å²) in [5.74, 6) is -1.77. The highest BCUT2D eigenvalue weighted by molar-refractivity contribution is 7.87. The van der Waals surface area contributed by atoms with Crippen LogP contribution in [-0.4, -0.2) is 61.7 Å². The summed E-state index contributed by atoms with van der Waals surface area (Å²) in [6, 6.07) is 15.0. The molecule has 2 aromatic carbocycles. The second-order valence-electron chi connectivity index (χ2n) is 10.9. The van der Waals surface area contributed by atoms with E-state index in [1.165, 1.54) is 14.1 Å². The average Bonchev–Trinajstić information content (AvgIpc) is 3.39. The van der Waals surface area contributed by atoms with Crippen molar-refractivity contribution >= 4 is 33.6 Å². The zero-order valence-electron chi connectivity index (χ0n) is 23.1. The van der Waals surface area contributed by atoms with Gasteiger partial charge in [0.15, 0.2) is 0 Å². The summed E-state index contributed by atoms with van der Waals surface area (Å²) in [5, 5.41) is 0.522. The molecule has 0 radical (unpaired) electrons. The summed E-state index contributed by atoms with van der Waals surface area (Å²) in [5.41, 5.74) is 4.56. The van der Waals surface area contributed by atoms with Crippen LogP contribution in [0.5, 0.6) is 0 Å². The van der Waals surface area contributed by atoms with Gasteiger partial charge in [0.05, 0.1) is 18.6 Å². The van der Waals surface area contributed by atoms with E-state index in [4.69, 9.17) is 16.4 Å². The van der Waals surface area contributed by atoms with Crippen molar-refractivity contribution < 1.29 is 22.8 Å². The van der Waals surface area contributed by atoms with Crippen LogP contribution in [-0.2, 0) is 26.4 Å². The van der Waals surface area contributed by atoms with Gasteiger partial charge >= 0.3 is 0 Å². The molecule has 1 heterocycles. The van der Waals surface area contributed by atoms with Crippen molar-refractivity contribution in [3.63, 3.8) is 0 Å². The first-order chi connectivity index (χ1) is 19.7. The van der Waals surface area contributed by atoms with E-state index in [-0.39, 0.29) is 24.3 Å². The van der Waals surface area contributed by atoms with Crippen molar-refractivity contribution in [1.82, 2.24) is 19.4 Å². The molecule has 5 atom stereocenters. The van der Waals surface area contributed by atoms with Crippen LogP contribution in [0.1, 0.15) is 53.1 Å². The number of amides is 2. The Hall–Kier alpha value is -3.02. The third-order valence-corrected chi connectivity index (χ3v) is 9.87. The second kappa shape index (κ2) is 12.5. The normalized spacial score (nSPS) is 26.1. The second-order valence-corrected chi connectivity index (χ2v) is 13.2. The summed E-state index contributed by atoms with van der Waals surface area (Å²) >= 11 is 6.37. The standard InChI is InChI=1S/C30H35ClN4O5S/c1-34(2)41(38,39)33-25-14-8-9-15-26(25)35-28(21-16-17-22(31)18-21)27(23-12-6-7-13-24(23)30(35)37)29(36)32-40-19-20-10-4-3-5-11-20/h3-7,10-13,16-18,21,25-28,33H,8-9,14-15,19H2,1-2H3,(H,32,36)/t21?,25-,26-,27+,28?/m0/s1. The van der Waals surface area contributed by atoms with Crippen LogP contribution in [0.15, 0.2) is 77.9 Å². The first-order valence-electron chi connectivity index (χ1n) is 13.8. The Balaban J connectivity index is 1.54. The Morgan fingerprint density at radius 3 is 2.49 bits per heavy atom. The number of nitrogens with one attached hydrogen (secondary N) is 2. The van der Waals surface area contributed by atoms with E-state index >= 15 is 0 Å². The van der Waals surface area contributed by atoms with E-state index in [2.05, 4.69) is 10.2 Å². The van der Waals surface area contributed by atoms with Crippen molar-refractivity contribution in [2.45, 2.75) is 56.3 Å².